The monoisotopic (exact) mass is 308 g/mol. The van der Waals surface area contributed by atoms with E-state index in [2.05, 4.69) is 59.8 Å². The maximum absolute atomic E-state index is 6.37. The number of rotatable bonds is 6. The third kappa shape index (κ3) is 3.75. The smallest absolute Gasteiger partial charge is 0.0525 e. The summed E-state index contributed by atoms with van der Waals surface area (Å²) >= 11 is 8.17. The summed E-state index contributed by atoms with van der Waals surface area (Å²) < 4.78 is 0. The Morgan fingerprint density at radius 1 is 1.30 bits per heavy atom. The number of anilines is 1. The van der Waals surface area contributed by atoms with E-state index in [1.165, 1.54) is 10.6 Å². The normalized spacial score (nSPS) is 11.1. The van der Waals surface area contributed by atoms with E-state index < -0.39 is 0 Å². The predicted octanol–water partition coefficient (Wildman–Crippen LogP) is 4.54. The van der Waals surface area contributed by atoms with E-state index in [9.17, 15) is 0 Å². The first-order valence-electron chi connectivity index (χ1n) is 6.84. The fraction of sp³-hybridized carbons (Fsp3) is 0.375. The summed E-state index contributed by atoms with van der Waals surface area (Å²) in [6.07, 6.45) is 0. The van der Waals surface area contributed by atoms with Crippen LogP contribution in [0.1, 0.15) is 24.3 Å². The molecule has 0 atom stereocenters. The van der Waals surface area contributed by atoms with Gasteiger partial charge in [-0.2, -0.15) is 0 Å². The highest BCUT2D eigenvalue weighted by atomic mass is 35.5. The highest BCUT2D eigenvalue weighted by Crippen LogP contribution is 2.27. The Labute approximate surface area is 130 Å². The van der Waals surface area contributed by atoms with E-state index >= 15 is 0 Å². The molecular formula is C16H21ClN2S. The summed E-state index contributed by atoms with van der Waals surface area (Å²) in [5, 5.41) is 6.09. The molecule has 2 nitrogen and oxygen atoms in total. The van der Waals surface area contributed by atoms with Crippen molar-refractivity contribution in [3.05, 3.63) is 51.2 Å². The lowest BCUT2D eigenvalue weighted by Gasteiger charge is -2.29. The molecule has 108 valence electrons. The minimum Gasteiger partial charge on any atom is -0.364 e. The summed E-state index contributed by atoms with van der Waals surface area (Å²) in [6, 6.07) is 11.0. The van der Waals surface area contributed by atoms with Crippen LogP contribution in [-0.4, -0.2) is 13.1 Å². The number of thiophene rings is 1. The first-order valence-corrected chi connectivity index (χ1v) is 8.09. The van der Waals surface area contributed by atoms with Crippen LogP contribution in [0.3, 0.4) is 0 Å². The van der Waals surface area contributed by atoms with Gasteiger partial charge < -0.3 is 10.2 Å². The average molecular weight is 309 g/mol. The molecule has 0 aliphatic rings. The topological polar surface area (TPSA) is 15.3 Å². The molecule has 1 aromatic heterocycles. The van der Waals surface area contributed by atoms with Crippen LogP contribution >= 0.6 is 22.9 Å². The molecule has 0 amide bonds. The second-order valence-corrected chi connectivity index (χ2v) is 6.55. The fourth-order valence-corrected chi connectivity index (χ4v) is 3.14. The van der Waals surface area contributed by atoms with Crippen molar-refractivity contribution in [1.29, 1.82) is 0 Å². The average Bonchev–Trinajstić information content (AvgIpc) is 2.91. The number of hydrogen-bond acceptors (Lipinski definition) is 3. The maximum Gasteiger partial charge on any atom is 0.0525 e. The summed E-state index contributed by atoms with van der Waals surface area (Å²) in [5.74, 6) is 0. The van der Waals surface area contributed by atoms with Crippen molar-refractivity contribution >= 4 is 28.6 Å². The molecule has 2 aromatic rings. The van der Waals surface area contributed by atoms with E-state index in [-0.39, 0.29) is 0 Å². The zero-order chi connectivity index (χ0) is 14.5. The molecule has 0 saturated heterocycles. The molecule has 20 heavy (non-hydrogen) atoms. The maximum atomic E-state index is 6.37. The Bertz CT molecular complexity index is 537. The van der Waals surface area contributed by atoms with Crippen LogP contribution in [0.4, 0.5) is 5.69 Å². The second-order valence-electron chi connectivity index (χ2n) is 5.11. The summed E-state index contributed by atoms with van der Waals surface area (Å²) in [6.45, 7) is 6.15. The van der Waals surface area contributed by atoms with E-state index in [1.54, 1.807) is 11.3 Å². The van der Waals surface area contributed by atoms with E-state index in [1.807, 2.05) is 7.05 Å². The number of nitrogens with one attached hydrogen (secondary N) is 1. The molecule has 0 spiro atoms. The van der Waals surface area contributed by atoms with Crippen molar-refractivity contribution in [2.24, 2.45) is 0 Å². The van der Waals surface area contributed by atoms with Crippen molar-refractivity contribution in [2.75, 3.05) is 11.9 Å². The molecule has 0 unspecified atom stereocenters. The predicted molar refractivity (Wildman–Crippen MR) is 89.9 cm³/mol. The van der Waals surface area contributed by atoms with Crippen LogP contribution in [0, 0.1) is 0 Å². The van der Waals surface area contributed by atoms with E-state index in [0.717, 1.165) is 23.7 Å². The molecule has 1 aromatic carbocycles. The van der Waals surface area contributed by atoms with E-state index in [4.69, 9.17) is 11.6 Å². The van der Waals surface area contributed by atoms with Gasteiger partial charge in [0.15, 0.2) is 0 Å². The molecule has 0 bridgehead atoms. The molecule has 4 heteroatoms. The lowest BCUT2D eigenvalue weighted by molar-refractivity contribution is 0.687. The van der Waals surface area contributed by atoms with Crippen LogP contribution in [0.2, 0.25) is 5.02 Å². The quantitative estimate of drug-likeness (QED) is 0.843. The lowest BCUT2D eigenvalue weighted by Crippen LogP contribution is -2.29. The van der Waals surface area contributed by atoms with Crippen LogP contribution in [0.15, 0.2) is 35.7 Å². The van der Waals surface area contributed by atoms with Crippen molar-refractivity contribution in [3.63, 3.8) is 0 Å². The zero-order valence-electron chi connectivity index (χ0n) is 12.2. The van der Waals surface area contributed by atoms with Gasteiger partial charge in [-0.1, -0.05) is 23.7 Å². The third-order valence-corrected chi connectivity index (χ3v) is 4.48. The van der Waals surface area contributed by atoms with Gasteiger partial charge in [0, 0.05) is 28.2 Å². The van der Waals surface area contributed by atoms with Gasteiger partial charge in [0.2, 0.25) is 0 Å². The summed E-state index contributed by atoms with van der Waals surface area (Å²) in [5.41, 5.74) is 2.32. The molecular weight excluding hydrogens is 288 g/mol. The molecule has 0 saturated carbocycles. The fourth-order valence-electron chi connectivity index (χ4n) is 2.19. The van der Waals surface area contributed by atoms with Crippen LogP contribution < -0.4 is 10.2 Å². The Balaban J connectivity index is 2.23. The van der Waals surface area contributed by atoms with Gasteiger partial charge >= 0.3 is 0 Å². The highest BCUT2D eigenvalue weighted by molar-refractivity contribution is 7.09. The van der Waals surface area contributed by atoms with Crippen LogP contribution in [0.25, 0.3) is 0 Å². The number of benzene rings is 1. The minimum atomic E-state index is 0.434. The Morgan fingerprint density at radius 3 is 2.65 bits per heavy atom. The molecule has 2 rings (SSSR count). The highest BCUT2D eigenvalue weighted by Gasteiger charge is 2.13. The van der Waals surface area contributed by atoms with Gasteiger partial charge in [-0.25, -0.2) is 0 Å². The molecule has 1 heterocycles. The van der Waals surface area contributed by atoms with Gasteiger partial charge in [-0.15, -0.1) is 11.3 Å². The van der Waals surface area contributed by atoms with Crippen molar-refractivity contribution in [3.8, 4) is 0 Å². The Hall–Kier alpha value is -1.03. The third-order valence-electron chi connectivity index (χ3n) is 3.27. The van der Waals surface area contributed by atoms with Gasteiger partial charge in [0.1, 0.15) is 0 Å². The molecule has 0 fully saturated rings. The number of halogens is 1. The van der Waals surface area contributed by atoms with Gasteiger partial charge in [-0.05, 0) is 50.0 Å². The molecule has 0 radical (unpaired) electrons. The minimum absolute atomic E-state index is 0.434. The van der Waals surface area contributed by atoms with Crippen molar-refractivity contribution < 1.29 is 0 Å². The second kappa shape index (κ2) is 7.11. The molecule has 1 N–H and O–H groups in total. The Morgan fingerprint density at radius 2 is 2.10 bits per heavy atom. The van der Waals surface area contributed by atoms with Crippen LogP contribution in [-0.2, 0) is 13.1 Å². The van der Waals surface area contributed by atoms with Crippen molar-refractivity contribution in [1.82, 2.24) is 5.32 Å². The molecule has 0 aliphatic heterocycles. The first kappa shape index (κ1) is 15.4. The lowest BCUT2D eigenvalue weighted by atomic mass is 10.1. The largest absolute Gasteiger partial charge is 0.364 e. The SMILES string of the molecule is CNCc1ccc(N(Cc2cccs2)C(C)C)cc1Cl. The summed E-state index contributed by atoms with van der Waals surface area (Å²) in [4.78, 5) is 3.75. The summed E-state index contributed by atoms with van der Waals surface area (Å²) in [7, 11) is 1.93. The standard InChI is InChI=1S/C16H21ClN2S/c1-12(2)19(11-15-5-4-8-20-15)14-7-6-13(10-18-3)16(17)9-14/h4-9,12,18H,10-11H2,1-3H3. The number of hydrogen-bond donors (Lipinski definition) is 1. The van der Waals surface area contributed by atoms with E-state index in [0.29, 0.717) is 6.04 Å². The Kier molecular flexibility index (Phi) is 5.46. The van der Waals surface area contributed by atoms with Crippen molar-refractivity contribution in [2.45, 2.75) is 33.0 Å². The zero-order valence-corrected chi connectivity index (χ0v) is 13.8. The van der Waals surface area contributed by atoms with Crippen LogP contribution in [0.5, 0.6) is 0 Å². The van der Waals surface area contributed by atoms with Gasteiger partial charge in [-0.3, -0.25) is 0 Å². The molecule has 0 aliphatic carbocycles. The first-order chi connectivity index (χ1) is 9.61. The number of nitrogens with zero attached hydrogens (tertiary/aromatic N) is 1. The van der Waals surface area contributed by atoms with Gasteiger partial charge in [0.25, 0.3) is 0 Å². The van der Waals surface area contributed by atoms with Gasteiger partial charge in [0.05, 0.1) is 6.54 Å².